The number of carbonyl (C=O) groups is 1. The van der Waals surface area contributed by atoms with Gasteiger partial charge < -0.3 is 9.30 Å². The van der Waals surface area contributed by atoms with E-state index in [0.717, 1.165) is 27.7 Å². The lowest BCUT2D eigenvalue weighted by atomic mass is 10.1. The number of esters is 1. The van der Waals surface area contributed by atoms with E-state index in [0.29, 0.717) is 10.1 Å². The minimum atomic E-state index is -2.80. The molecule has 6 nitrogen and oxygen atoms in total. The summed E-state index contributed by atoms with van der Waals surface area (Å²) in [5.74, 6) is -1.01. The summed E-state index contributed by atoms with van der Waals surface area (Å²) in [7, 11) is 0. The molecular weight excluding hydrogens is 458 g/mol. The summed E-state index contributed by atoms with van der Waals surface area (Å²) in [5.41, 5.74) is 3.14. The van der Waals surface area contributed by atoms with Crippen LogP contribution in [0.3, 0.4) is 0 Å². The number of nitriles is 1. The summed E-state index contributed by atoms with van der Waals surface area (Å²) in [6.45, 7) is 0.533. The van der Waals surface area contributed by atoms with Crippen molar-refractivity contribution in [3.8, 4) is 11.8 Å². The molecule has 0 amide bonds. The highest BCUT2D eigenvalue weighted by atomic mass is 79.9. The summed E-state index contributed by atoms with van der Waals surface area (Å²) in [6, 6.07) is 11.4. The van der Waals surface area contributed by atoms with Gasteiger partial charge in [-0.15, -0.1) is 0 Å². The van der Waals surface area contributed by atoms with Crippen molar-refractivity contribution in [1.29, 1.82) is 5.26 Å². The third-order valence-corrected chi connectivity index (χ3v) is 5.02. The Bertz CT molecular complexity index is 1140. The van der Waals surface area contributed by atoms with Crippen molar-refractivity contribution < 1.29 is 18.3 Å². The van der Waals surface area contributed by atoms with Gasteiger partial charge in [0.15, 0.2) is 5.82 Å². The Balaban J connectivity index is 1.83. The van der Waals surface area contributed by atoms with Crippen molar-refractivity contribution in [2.24, 2.45) is 0 Å². The van der Waals surface area contributed by atoms with E-state index < -0.39 is 19.1 Å². The van der Waals surface area contributed by atoms with Gasteiger partial charge in [0.25, 0.3) is 0 Å². The smallest absolute Gasteiger partial charge is 0.349 e. The molecule has 0 atom stereocenters. The molecule has 2 heterocycles. The van der Waals surface area contributed by atoms with Gasteiger partial charge in [-0.05, 0) is 55.8 Å². The maximum Gasteiger partial charge on any atom is 0.349 e. The lowest BCUT2D eigenvalue weighted by Crippen LogP contribution is -2.11. The minimum Gasteiger partial charge on any atom is -0.453 e. The van der Waals surface area contributed by atoms with Crippen LogP contribution in [-0.4, -0.2) is 20.1 Å². The van der Waals surface area contributed by atoms with Crippen LogP contribution in [0.15, 0.2) is 52.8 Å². The molecule has 0 aliphatic rings. The zero-order valence-corrected chi connectivity index (χ0v) is 17.7. The second-order valence-corrected chi connectivity index (χ2v) is 7.33. The fraction of sp³-hybridized carbons (Fsp3) is 0.190. The predicted octanol–water partition coefficient (Wildman–Crippen LogP) is 5.10. The quantitative estimate of drug-likeness (QED) is 0.283. The van der Waals surface area contributed by atoms with Crippen LogP contribution < -0.4 is 0 Å². The Morgan fingerprint density at radius 3 is 2.67 bits per heavy atom. The minimum absolute atomic E-state index is 0.107. The summed E-state index contributed by atoms with van der Waals surface area (Å²) >= 11 is 3.41. The van der Waals surface area contributed by atoms with E-state index in [2.05, 4.69) is 20.9 Å². The van der Waals surface area contributed by atoms with Gasteiger partial charge in [0.05, 0.1) is 0 Å². The van der Waals surface area contributed by atoms with Gasteiger partial charge in [-0.2, -0.15) is 14.0 Å². The van der Waals surface area contributed by atoms with E-state index in [1.807, 2.05) is 54.8 Å². The highest BCUT2D eigenvalue weighted by Gasteiger charge is 2.17. The molecule has 9 heteroatoms. The van der Waals surface area contributed by atoms with Gasteiger partial charge >= 0.3 is 12.5 Å². The monoisotopic (exact) mass is 474 g/mol. The SMILES string of the molecule is Cc1cc(C=C(C#N)C(=O)OCc2nccn2C(F)F)c(C)n1-c1ccc(Br)cc1. The van der Waals surface area contributed by atoms with Gasteiger partial charge in [-0.1, -0.05) is 15.9 Å². The molecule has 3 aromatic rings. The molecule has 1 aromatic carbocycles. The number of alkyl halides is 2. The molecule has 0 spiro atoms. The van der Waals surface area contributed by atoms with Gasteiger partial charge in [-0.3, -0.25) is 4.57 Å². The first-order valence-electron chi connectivity index (χ1n) is 8.85. The van der Waals surface area contributed by atoms with Crippen molar-refractivity contribution >= 4 is 28.0 Å². The summed E-state index contributed by atoms with van der Waals surface area (Å²) in [4.78, 5) is 16.1. The Morgan fingerprint density at radius 1 is 1.33 bits per heavy atom. The molecule has 0 N–H and O–H groups in total. The van der Waals surface area contributed by atoms with Crippen LogP contribution in [0.5, 0.6) is 0 Å². The highest BCUT2D eigenvalue weighted by molar-refractivity contribution is 9.10. The molecule has 0 aliphatic carbocycles. The number of aryl methyl sites for hydroxylation is 1. The number of hydrogen-bond acceptors (Lipinski definition) is 4. The Kier molecular flexibility index (Phi) is 6.47. The van der Waals surface area contributed by atoms with E-state index >= 15 is 0 Å². The van der Waals surface area contributed by atoms with E-state index in [9.17, 15) is 18.8 Å². The van der Waals surface area contributed by atoms with Crippen molar-refractivity contribution in [2.75, 3.05) is 0 Å². The molecule has 154 valence electrons. The van der Waals surface area contributed by atoms with Gasteiger partial charge in [0.2, 0.25) is 0 Å². The number of imidazole rings is 1. The van der Waals surface area contributed by atoms with Crippen LogP contribution in [0.1, 0.15) is 29.3 Å². The Morgan fingerprint density at radius 2 is 2.03 bits per heavy atom. The van der Waals surface area contributed by atoms with Crippen LogP contribution in [0.25, 0.3) is 11.8 Å². The van der Waals surface area contributed by atoms with Crippen LogP contribution >= 0.6 is 15.9 Å². The van der Waals surface area contributed by atoms with Crippen LogP contribution in [-0.2, 0) is 16.1 Å². The number of carbonyl (C=O) groups excluding carboxylic acids is 1. The number of nitrogens with zero attached hydrogens (tertiary/aromatic N) is 4. The number of benzene rings is 1. The van der Waals surface area contributed by atoms with Crippen LogP contribution in [0.4, 0.5) is 8.78 Å². The number of ether oxygens (including phenoxy) is 1. The van der Waals surface area contributed by atoms with Gasteiger partial charge in [0, 0.05) is 33.9 Å². The molecule has 0 saturated heterocycles. The fourth-order valence-corrected chi connectivity index (χ4v) is 3.32. The molecule has 3 rings (SSSR count). The van der Waals surface area contributed by atoms with E-state index in [1.54, 1.807) is 0 Å². The molecule has 0 saturated carbocycles. The van der Waals surface area contributed by atoms with E-state index in [4.69, 9.17) is 4.74 Å². The number of hydrogen-bond donors (Lipinski definition) is 0. The van der Waals surface area contributed by atoms with E-state index in [1.165, 1.54) is 12.3 Å². The predicted molar refractivity (Wildman–Crippen MR) is 110 cm³/mol. The highest BCUT2D eigenvalue weighted by Crippen LogP contribution is 2.24. The zero-order valence-electron chi connectivity index (χ0n) is 16.1. The number of rotatable bonds is 6. The maximum atomic E-state index is 12.9. The van der Waals surface area contributed by atoms with Gasteiger partial charge in [-0.25, -0.2) is 9.78 Å². The van der Waals surface area contributed by atoms with Crippen molar-refractivity contribution in [2.45, 2.75) is 27.0 Å². The molecule has 0 aliphatic heterocycles. The van der Waals surface area contributed by atoms with Crippen molar-refractivity contribution in [3.63, 3.8) is 0 Å². The average Bonchev–Trinajstić information content (AvgIpc) is 3.29. The van der Waals surface area contributed by atoms with Crippen LogP contribution in [0, 0.1) is 25.2 Å². The third-order valence-electron chi connectivity index (χ3n) is 4.49. The first-order chi connectivity index (χ1) is 14.3. The topological polar surface area (TPSA) is 72.8 Å². The average molecular weight is 475 g/mol. The number of aromatic nitrogens is 3. The summed E-state index contributed by atoms with van der Waals surface area (Å²) in [6.07, 6.45) is 3.71. The molecule has 0 fully saturated rings. The molecule has 0 unspecified atom stereocenters. The largest absolute Gasteiger partial charge is 0.453 e. The molecular formula is C21H17BrF2N4O2. The second-order valence-electron chi connectivity index (χ2n) is 6.41. The van der Waals surface area contributed by atoms with Crippen molar-refractivity contribution in [1.82, 2.24) is 14.1 Å². The lowest BCUT2D eigenvalue weighted by Gasteiger charge is -2.10. The first kappa shape index (κ1) is 21.5. The summed E-state index contributed by atoms with van der Waals surface area (Å²) in [5, 5.41) is 9.40. The molecule has 30 heavy (non-hydrogen) atoms. The first-order valence-corrected chi connectivity index (χ1v) is 9.64. The van der Waals surface area contributed by atoms with Crippen LogP contribution in [0.2, 0.25) is 0 Å². The molecule has 0 radical (unpaired) electrons. The van der Waals surface area contributed by atoms with E-state index in [-0.39, 0.29) is 11.4 Å². The third kappa shape index (κ3) is 4.49. The fourth-order valence-electron chi connectivity index (χ4n) is 3.05. The standard InChI is InChI=1S/C21H17BrF2N4O2/c1-13-9-15(14(2)28(13)18-5-3-17(22)4-6-18)10-16(11-25)20(29)30-12-19-26-7-8-27(19)21(23)24/h3-10,21H,12H2,1-2H3. The second kappa shape index (κ2) is 9.05. The van der Waals surface area contributed by atoms with Crippen molar-refractivity contribution in [3.05, 3.63) is 75.5 Å². The Labute approximate surface area is 180 Å². The van der Waals surface area contributed by atoms with Gasteiger partial charge in [0.1, 0.15) is 18.2 Å². The maximum absolute atomic E-state index is 12.9. The number of halogens is 3. The normalized spacial score (nSPS) is 11.6. The molecule has 0 bridgehead atoms. The Hall–Kier alpha value is -3.25. The lowest BCUT2D eigenvalue weighted by molar-refractivity contribution is -0.140. The molecule has 2 aromatic heterocycles. The zero-order chi connectivity index (χ0) is 21.8. The summed E-state index contributed by atoms with van der Waals surface area (Å²) < 4.78 is 34.3.